The third-order valence-electron chi connectivity index (χ3n) is 3.72. The minimum atomic E-state index is -0.652. The maximum atomic E-state index is 12.1. The molecule has 0 aliphatic heterocycles. The van der Waals surface area contributed by atoms with Gasteiger partial charge in [0.1, 0.15) is 10.8 Å². The first kappa shape index (κ1) is 17.8. The van der Waals surface area contributed by atoms with Crippen molar-refractivity contribution in [1.82, 2.24) is 9.97 Å². The Morgan fingerprint density at radius 1 is 1.15 bits per heavy atom. The maximum absolute atomic E-state index is 12.1. The van der Waals surface area contributed by atoms with Gasteiger partial charge in [-0.05, 0) is 30.3 Å². The van der Waals surface area contributed by atoms with Gasteiger partial charge in [-0.3, -0.25) is 4.90 Å². The number of aromatic nitrogens is 2. The van der Waals surface area contributed by atoms with Crippen LogP contribution in [0.4, 0.5) is 11.7 Å². The molecule has 0 radical (unpaired) electrons. The molecule has 0 amide bonds. The zero-order valence-corrected chi connectivity index (χ0v) is 15.1. The molecule has 134 valence electrons. The predicted octanol–water partition coefficient (Wildman–Crippen LogP) is 3.95. The molecule has 2 aromatic heterocycles. The summed E-state index contributed by atoms with van der Waals surface area (Å²) < 4.78 is 15.3. The smallest absolute Gasteiger partial charge is 0.358 e. The molecule has 3 rings (SSSR count). The van der Waals surface area contributed by atoms with E-state index in [-0.39, 0.29) is 10.7 Å². The zero-order chi connectivity index (χ0) is 18.7. The average Bonchev–Trinajstić information content (AvgIpc) is 3.22. The van der Waals surface area contributed by atoms with Crippen LogP contribution in [0.15, 0.2) is 47.1 Å². The van der Waals surface area contributed by atoms with Crippen molar-refractivity contribution < 1.29 is 18.7 Å². The molecule has 0 N–H and O–H groups in total. The lowest BCUT2D eigenvalue weighted by atomic mass is 10.2. The normalized spacial score (nSPS) is 10.5. The van der Waals surface area contributed by atoms with Crippen molar-refractivity contribution in [3.8, 4) is 17.1 Å². The molecule has 2 heterocycles. The number of rotatable bonds is 5. The topological polar surface area (TPSA) is 77.7 Å². The number of methoxy groups -OCH3 is 2. The van der Waals surface area contributed by atoms with Crippen LogP contribution in [0.3, 0.4) is 0 Å². The lowest BCUT2D eigenvalue weighted by Gasteiger charge is -2.18. The van der Waals surface area contributed by atoms with Crippen LogP contribution in [-0.2, 0) is 4.74 Å². The maximum Gasteiger partial charge on any atom is 0.358 e. The van der Waals surface area contributed by atoms with E-state index in [1.165, 1.54) is 13.4 Å². The van der Waals surface area contributed by atoms with Crippen LogP contribution in [0.25, 0.3) is 11.4 Å². The minimum absolute atomic E-state index is 0.0246. The fraction of sp³-hybridized carbons (Fsp3) is 0.167. The molecule has 3 aromatic rings. The van der Waals surface area contributed by atoms with Crippen molar-refractivity contribution in [1.29, 1.82) is 0 Å². The Bertz CT molecular complexity index is 911. The Labute approximate surface area is 155 Å². The summed E-state index contributed by atoms with van der Waals surface area (Å²) in [5, 5.41) is 0.0769. The lowest BCUT2D eigenvalue weighted by Crippen LogP contribution is -2.16. The summed E-state index contributed by atoms with van der Waals surface area (Å²) in [5.74, 6) is 1.21. The van der Waals surface area contributed by atoms with Crippen molar-refractivity contribution in [2.75, 3.05) is 26.2 Å². The predicted molar refractivity (Wildman–Crippen MR) is 97.1 cm³/mol. The zero-order valence-electron chi connectivity index (χ0n) is 14.4. The molecule has 0 saturated carbocycles. The Morgan fingerprint density at radius 2 is 1.88 bits per heavy atom. The molecule has 0 atom stereocenters. The van der Waals surface area contributed by atoms with E-state index >= 15 is 0 Å². The van der Waals surface area contributed by atoms with Gasteiger partial charge in [-0.2, -0.15) is 0 Å². The molecular formula is C18H16ClN3O4. The van der Waals surface area contributed by atoms with E-state index in [0.29, 0.717) is 28.8 Å². The molecule has 0 saturated heterocycles. The van der Waals surface area contributed by atoms with Gasteiger partial charge in [0.25, 0.3) is 0 Å². The molecule has 0 unspecified atom stereocenters. The largest absolute Gasteiger partial charge is 0.497 e. The van der Waals surface area contributed by atoms with E-state index in [1.807, 2.05) is 0 Å². The van der Waals surface area contributed by atoms with Gasteiger partial charge in [-0.1, -0.05) is 11.6 Å². The van der Waals surface area contributed by atoms with E-state index in [9.17, 15) is 4.79 Å². The highest BCUT2D eigenvalue weighted by atomic mass is 35.5. The number of hydrogen-bond acceptors (Lipinski definition) is 7. The van der Waals surface area contributed by atoms with E-state index < -0.39 is 5.97 Å². The van der Waals surface area contributed by atoms with E-state index in [0.717, 1.165) is 0 Å². The second-order valence-electron chi connectivity index (χ2n) is 5.26. The number of furan rings is 1. The summed E-state index contributed by atoms with van der Waals surface area (Å²) in [4.78, 5) is 22.5. The second kappa shape index (κ2) is 7.45. The molecule has 0 aliphatic carbocycles. The van der Waals surface area contributed by atoms with Gasteiger partial charge in [-0.25, -0.2) is 14.8 Å². The Morgan fingerprint density at radius 3 is 2.46 bits per heavy atom. The van der Waals surface area contributed by atoms with Gasteiger partial charge in [-0.15, -0.1) is 0 Å². The fourth-order valence-corrected chi connectivity index (χ4v) is 2.61. The average molecular weight is 374 g/mol. The third-order valence-corrected chi connectivity index (χ3v) is 4.06. The van der Waals surface area contributed by atoms with E-state index in [1.54, 1.807) is 55.5 Å². The second-order valence-corrected chi connectivity index (χ2v) is 5.64. The monoisotopic (exact) mass is 373 g/mol. The highest BCUT2D eigenvalue weighted by molar-refractivity contribution is 6.35. The van der Waals surface area contributed by atoms with Crippen LogP contribution < -0.4 is 9.64 Å². The number of hydrogen-bond donors (Lipinski definition) is 0. The van der Waals surface area contributed by atoms with Crippen LogP contribution in [-0.4, -0.2) is 37.2 Å². The highest BCUT2D eigenvalue weighted by Gasteiger charge is 2.23. The number of benzene rings is 1. The summed E-state index contributed by atoms with van der Waals surface area (Å²) >= 11 is 6.37. The van der Waals surface area contributed by atoms with Gasteiger partial charge in [0.15, 0.2) is 17.3 Å². The molecule has 26 heavy (non-hydrogen) atoms. The molecule has 0 bridgehead atoms. The standard InChI is InChI=1S/C18H16ClN3O4/c1-22(13-5-4-10-26-13)17-14(19)15(18(23)25-3)20-16(21-17)11-6-8-12(24-2)9-7-11/h4-10H,1-3H3. The summed E-state index contributed by atoms with van der Waals surface area (Å²) in [5.41, 5.74) is 0.671. The van der Waals surface area contributed by atoms with Crippen molar-refractivity contribution in [3.63, 3.8) is 0 Å². The number of carbonyl (C=O) groups excluding carboxylic acids is 1. The van der Waals surface area contributed by atoms with Gasteiger partial charge < -0.3 is 13.9 Å². The van der Waals surface area contributed by atoms with Crippen LogP contribution in [0, 0.1) is 0 Å². The molecular weight excluding hydrogens is 358 g/mol. The number of carbonyl (C=O) groups is 1. The van der Waals surface area contributed by atoms with Crippen LogP contribution in [0.1, 0.15) is 10.5 Å². The Hall–Kier alpha value is -3.06. The van der Waals surface area contributed by atoms with Crippen molar-refractivity contribution in [2.45, 2.75) is 0 Å². The lowest BCUT2D eigenvalue weighted by molar-refractivity contribution is 0.0594. The van der Waals surface area contributed by atoms with Gasteiger partial charge in [0.05, 0.1) is 20.5 Å². The minimum Gasteiger partial charge on any atom is -0.497 e. The van der Waals surface area contributed by atoms with Crippen LogP contribution >= 0.6 is 11.6 Å². The first-order valence-corrected chi connectivity index (χ1v) is 8.00. The summed E-state index contributed by atoms with van der Waals surface area (Å²) in [6.45, 7) is 0. The number of ether oxygens (including phenoxy) is 2. The fourth-order valence-electron chi connectivity index (χ4n) is 2.32. The van der Waals surface area contributed by atoms with Crippen LogP contribution in [0.2, 0.25) is 5.02 Å². The highest BCUT2D eigenvalue weighted by Crippen LogP contribution is 2.33. The molecule has 0 spiro atoms. The third kappa shape index (κ3) is 3.34. The molecule has 0 fully saturated rings. The first-order valence-electron chi connectivity index (χ1n) is 7.62. The quantitative estimate of drug-likeness (QED) is 0.626. The first-order chi connectivity index (χ1) is 12.5. The molecule has 7 nitrogen and oxygen atoms in total. The SMILES string of the molecule is COC(=O)c1nc(-c2ccc(OC)cc2)nc(N(C)c2ccco2)c1Cl. The number of nitrogens with zero attached hydrogens (tertiary/aromatic N) is 3. The molecule has 0 aliphatic rings. The van der Waals surface area contributed by atoms with Crippen molar-refractivity contribution >= 4 is 29.3 Å². The van der Waals surface area contributed by atoms with Gasteiger partial charge in [0, 0.05) is 18.7 Å². The molecule has 1 aromatic carbocycles. The van der Waals surface area contributed by atoms with Gasteiger partial charge in [0.2, 0.25) is 5.88 Å². The van der Waals surface area contributed by atoms with Crippen LogP contribution in [0.5, 0.6) is 5.75 Å². The number of halogens is 1. The Balaban J connectivity index is 2.15. The number of anilines is 2. The Kier molecular flexibility index (Phi) is 5.09. The summed E-state index contributed by atoms with van der Waals surface area (Å²) in [6, 6.07) is 10.6. The number of esters is 1. The van der Waals surface area contributed by atoms with Gasteiger partial charge >= 0.3 is 5.97 Å². The van der Waals surface area contributed by atoms with E-state index in [4.69, 9.17) is 25.5 Å². The van der Waals surface area contributed by atoms with Crippen molar-refractivity contribution in [3.05, 3.63) is 53.4 Å². The summed E-state index contributed by atoms with van der Waals surface area (Å²) in [7, 11) is 4.58. The van der Waals surface area contributed by atoms with E-state index in [2.05, 4.69) is 9.97 Å². The van der Waals surface area contributed by atoms with Crippen molar-refractivity contribution in [2.24, 2.45) is 0 Å². The molecule has 8 heteroatoms. The summed E-state index contributed by atoms with van der Waals surface area (Å²) in [6.07, 6.45) is 1.53.